The zero-order valence-corrected chi connectivity index (χ0v) is 20.2. The smallest absolute Gasteiger partial charge is 0.191 e. The van der Waals surface area contributed by atoms with Gasteiger partial charge in [0.15, 0.2) is 11.8 Å². The lowest BCUT2D eigenvalue weighted by Crippen LogP contribution is -2.46. The van der Waals surface area contributed by atoms with Gasteiger partial charge in [-0.05, 0) is 43.9 Å². The SMILES string of the molecule is Cc1nnc(CN=C(NCC2CCCO2)NCC(C)(C)C2CCCC2)n1C.I. The molecule has 1 aromatic rings. The Morgan fingerprint density at radius 2 is 1.93 bits per heavy atom. The summed E-state index contributed by atoms with van der Waals surface area (Å²) in [4.78, 5) is 4.77. The number of nitrogens with one attached hydrogen (secondary N) is 2. The molecule has 2 heterocycles. The van der Waals surface area contributed by atoms with Crippen molar-refractivity contribution >= 4 is 29.9 Å². The van der Waals surface area contributed by atoms with Crippen LogP contribution in [0.1, 0.15) is 64.0 Å². The van der Waals surface area contributed by atoms with Crippen molar-refractivity contribution in [2.75, 3.05) is 19.7 Å². The fourth-order valence-electron chi connectivity index (χ4n) is 4.09. The van der Waals surface area contributed by atoms with Gasteiger partial charge in [-0.3, -0.25) is 0 Å². The van der Waals surface area contributed by atoms with Crippen molar-refractivity contribution in [2.24, 2.45) is 23.4 Å². The number of aryl methyl sites for hydroxylation is 1. The highest BCUT2D eigenvalue weighted by atomic mass is 127. The number of guanidine groups is 1. The summed E-state index contributed by atoms with van der Waals surface area (Å²) < 4.78 is 7.73. The third-order valence-electron chi connectivity index (χ3n) is 6.25. The number of ether oxygens (including phenoxy) is 1. The summed E-state index contributed by atoms with van der Waals surface area (Å²) in [6, 6.07) is 0. The largest absolute Gasteiger partial charge is 0.376 e. The number of hydrogen-bond donors (Lipinski definition) is 2. The molecule has 2 aliphatic rings. The molecule has 0 radical (unpaired) electrons. The van der Waals surface area contributed by atoms with Crippen LogP contribution in [-0.2, 0) is 18.3 Å². The van der Waals surface area contributed by atoms with E-state index >= 15 is 0 Å². The monoisotopic (exact) mass is 504 g/mol. The number of aliphatic imine (C=N–C) groups is 1. The van der Waals surface area contributed by atoms with Gasteiger partial charge >= 0.3 is 0 Å². The van der Waals surface area contributed by atoms with Gasteiger partial charge in [0.05, 0.1) is 6.10 Å². The molecule has 1 saturated carbocycles. The minimum Gasteiger partial charge on any atom is -0.376 e. The minimum absolute atomic E-state index is 0. The van der Waals surface area contributed by atoms with Crippen LogP contribution in [0.25, 0.3) is 0 Å². The van der Waals surface area contributed by atoms with Crippen molar-refractivity contribution < 1.29 is 4.74 Å². The standard InChI is InChI=1S/C20H36N6O.HI/c1-15-24-25-18(26(15)4)13-22-19(21-12-17-10-7-11-27-17)23-14-20(2,3)16-8-5-6-9-16;/h16-17H,5-14H2,1-4H3,(H2,21,22,23);1H. The van der Waals surface area contributed by atoms with Crippen molar-refractivity contribution in [2.45, 2.75) is 71.9 Å². The van der Waals surface area contributed by atoms with Crippen molar-refractivity contribution in [3.8, 4) is 0 Å². The predicted octanol–water partition coefficient (Wildman–Crippen LogP) is 3.17. The van der Waals surface area contributed by atoms with E-state index in [0.29, 0.717) is 6.54 Å². The Morgan fingerprint density at radius 3 is 2.54 bits per heavy atom. The van der Waals surface area contributed by atoms with Gasteiger partial charge in [0.1, 0.15) is 12.4 Å². The molecule has 8 heteroatoms. The summed E-state index contributed by atoms with van der Waals surface area (Å²) in [5.74, 6) is 3.42. The summed E-state index contributed by atoms with van der Waals surface area (Å²) in [5, 5.41) is 15.4. The summed E-state index contributed by atoms with van der Waals surface area (Å²) >= 11 is 0. The molecule has 2 N–H and O–H groups in total. The molecule has 28 heavy (non-hydrogen) atoms. The number of hydrogen-bond acceptors (Lipinski definition) is 4. The molecule has 1 aliphatic carbocycles. The van der Waals surface area contributed by atoms with Gasteiger partial charge in [-0.1, -0.05) is 26.7 Å². The van der Waals surface area contributed by atoms with E-state index in [0.717, 1.165) is 56.1 Å². The molecule has 3 rings (SSSR count). The number of halogens is 1. The first-order valence-electron chi connectivity index (χ1n) is 10.4. The average molecular weight is 504 g/mol. The Hall–Kier alpha value is -0.900. The highest BCUT2D eigenvalue weighted by Crippen LogP contribution is 2.38. The quantitative estimate of drug-likeness (QED) is 0.339. The maximum atomic E-state index is 5.74. The van der Waals surface area contributed by atoms with Gasteiger partial charge in [-0.15, -0.1) is 34.2 Å². The average Bonchev–Trinajstić information content (AvgIpc) is 3.40. The summed E-state index contributed by atoms with van der Waals surface area (Å²) in [5.41, 5.74) is 0.268. The molecule has 0 spiro atoms. The predicted molar refractivity (Wildman–Crippen MR) is 123 cm³/mol. The Labute approximate surface area is 186 Å². The zero-order chi connectivity index (χ0) is 19.3. The molecule has 1 atom stereocenters. The van der Waals surface area contributed by atoms with E-state index in [1.54, 1.807) is 0 Å². The van der Waals surface area contributed by atoms with Crippen LogP contribution in [0.4, 0.5) is 0 Å². The van der Waals surface area contributed by atoms with E-state index in [2.05, 4.69) is 34.7 Å². The highest BCUT2D eigenvalue weighted by molar-refractivity contribution is 14.0. The molecule has 1 unspecified atom stereocenters. The van der Waals surface area contributed by atoms with Crippen LogP contribution in [0.3, 0.4) is 0 Å². The first kappa shape index (κ1) is 23.4. The third-order valence-corrected chi connectivity index (χ3v) is 6.25. The first-order chi connectivity index (χ1) is 13.0. The van der Waals surface area contributed by atoms with Crippen LogP contribution < -0.4 is 10.6 Å². The highest BCUT2D eigenvalue weighted by Gasteiger charge is 2.31. The van der Waals surface area contributed by atoms with E-state index in [1.807, 2.05) is 18.5 Å². The van der Waals surface area contributed by atoms with E-state index in [9.17, 15) is 0 Å². The molecule has 0 aromatic carbocycles. The minimum atomic E-state index is 0. The molecule has 1 aliphatic heterocycles. The number of rotatable bonds is 7. The topological polar surface area (TPSA) is 76.4 Å². The second-order valence-corrected chi connectivity index (χ2v) is 8.73. The second kappa shape index (κ2) is 10.8. The molecule has 0 bridgehead atoms. The van der Waals surface area contributed by atoms with Crippen LogP contribution in [-0.4, -0.2) is 46.5 Å². The molecule has 7 nitrogen and oxygen atoms in total. The van der Waals surface area contributed by atoms with E-state index in [4.69, 9.17) is 9.73 Å². The van der Waals surface area contributed by atoms with Crippen LogP contribution in [0, 0.1) is 18.3 Å². The van der Waals surface area contributed by atoms with Crippen LogP contribution in [0.15, 0.2) is 4.99 Å². The molecular formula is C20H37IN6O. The van der Waals surface area contributed by atoms with Crippen molar-refractivity contribution in [3.05, 3.63) is 11.6 Å². The Morgan fingerprint density at radius 1 is 1.18 bits per heavy atom. The van der Waals surface area contributed by atoms with Crippen LogP contribution in [0.2, 0.25) is 0 Å². The second-order valence-electron chi connectivity index (χ2n) is 8.73. The fourth-order valence-corrected chi connectivity index (χ4v) is 4.09. The molecule has 1 saturated heterocycles. The van der Waals surface area contributed by atoms with E-state index < -0.39 is 0 Å². The number of aromatic nitrogens is 3. The third kappa shape index (κ3) is 6.30. The number of nitrogens with zero attached hydrogens (tertiary/aromatic N) is 4. The summed E-state index contributed by atoms with van der Waals surface area (Å²) in [6.45, 7) is 9.82. The van der Waals surface area contributed by atoms with E-state index in [-0.39, 0.29) is 35.5 Å². The molecular weight excluding hydrogens is 467 g/mol. The fraction of sp³-hybridized carbons (Fsp3) is 0.850. The van der Waals surface area contributed by atoms with Gasteiger partial charge in [0.25, 0.3) is 0 Å². The lowest BCUT2D eigenvalue weighted by atomic mass is 9.78. The van der Waals surface area contributed by atoms with Gasteiger partial charge in [-0.2, -0.15) is 0 Å². The Bertz CT molecular complexity index is 633. The molecule has 160 valence electrons. The Balaban J connectivity index is 0.00000280. The Kier molecular flexibility index (Phi) is 8.98. The van der Waals surface area contributed by atoms with Crippen LogP contribution in [0.5, 0.6) is 0 Å². The first-order valence-corrected chi connectivity index (χ1v) is 10.4. The van der Waals surface area contributed by atoms with Crippen molar-refractivity contribution in [1.29, 1.82) is 0 Å². The van der Waals surface area contributed by atoms with E-state index in [1.165, 1.54) is 25.7 Å². The molecule has 0 amide bonds. The lowest BCUT2D eigenvalue weighted by Gasteiger charge is -2.32. The van der Waals surface area contributed by atoms with Gasteiger partial charge < -0.3 is 19.9 Å². The maximum absolute atomic E-state index is 5.74. The molecule has 2 fully saturated rings. The lowest BCUT2D eigenvalue weighted by molar-refractivity contribution is 0.113. The summed E-state index contributed by atoms with van der Waals surface area (Å²) in [6.07, 6.45) is 8.01. The summed E-state index contributed by atoms with van der Waals surface area (Å²) in [7, 11) is 1.98. The van der Waals surface area contributed by atoms with Crippen LogP contribution >= 0.6 is 24.0 Å². The molecule has 1 aromatic heterocycles. The normalized spacial score (nSPS) is 21.0. The van der Waals surface area contributed by atoms with Gasteiger partial charge in [0, 0.05) is 26.7 Å². The van der Waals surface area contributed by atoms with Gasteiger partial charge in [-0.25, -0.2) is 4.99 Å². The van der Waals surface area contributed by atoms with Gasteiger partial charge in [0.2, 0.25) is 0 Å². The van der Waals surface area contributed by atoms with Crippen molar-refractivity contribution in [1.82, 2.24) is 25.4 Å². The van der Waals surface area contributed by atoms with Crippen molar-refractivity contribution in [3.63, 3.8) is 0 Å². The maximum Gasteiger partial charge on any atom is 0.191 e. The zero-order valence-electron chi connectivity index (χ0n) is 17.8.